The van der Waals surface area contributed by atoms with Gasteiger partial charge in [-0.2, -0.15) is 0 Å². The summed E-state index contributed by atoms with van der Waals surface area (Å²) in [5, 5.41) is 3.01. The van der Waals surface area contributed by atoms with Crippen LogP contribution in [-0.4, -0.2) is 42.5 Å². The number of likely N-dealkylation sites (tertiary alicyclic amines) is 1. The third-order valence-corrected chi connectivity index (χ3v) is 5.00. The third-order valence-electron chi connectivity index (χ3n) is 5.00. The average Bonchev–Trinajstić information content (AvgIpc) is 3.09. The molecule has 1 aliphatic heterocycles. The second-order valence-corrected chi connectivity index (χ2v) is 6.98. The minimum absolute atomic E-state index is 0.0424. The standard InChI is InChI=1S/C21H27N3O2/c1-15-11-16(2)23-21(26-3)19(15)12-22-20(25)14-24-10-9-18(13-24)17-7-5-4-6-8-17/h4-8,11,18H,9-10,12-14H2,1-3H3,(H,22,25)/t18-/m1/s1. The van der Waals surface area contributed by atoms with Gasteiger partial charge in [-0.15, -0.1) is 0 Å². The highest BCUT2D eigenvalue weighted by atomic mass is 16.5. The Morgan fingerprint density at radius 1 is 1.31 bits per heavy atom. The summed E-state index contributed by atoms with van der Waals surface area (Å²) in [5.41, 5.74) is 4.30. The number of hydrogen-bond donors (Lipinski definition) is 1. The first-order valence-corrected chi connectivity index (χ1v) is 9.12. The van der Waals surface area contributed by atoms with Gasteiger partial charge in [-0.1, -0.05) is 30.3 Å². The predicted molar refractivity (Wildman–Crippen MR) is 102 cm³/mol. The van der Waals surface area contributed by atoms with Crippen LogP contribution in [0, 0.1) is 13.8 Å². The molecule has 1 aromatic carbocycles. The van der Waals surface area contributed by atoms with Crippen molar-refractivity contribution < 1.29 is 9.53 Å². The first-order chi connectivity index (χ1) is 12.6. The van der Waals surface area contributed by atoms with Crippen LogP contribution in [-0.2, 0) is 11.3 Å². The van der Waals surface area contributed by atoms with Crippen molar-refractivity contribution >= 4 is 5.91 Å². The summed E-state index contributed by atoms with van der Waals surface area (Å²) < 4.78 is 5.36. The molecule has 138 valence electrons. The normalized spacial score (nSPS) is 17.3. The number of rotatable bonds is 6. The SMILES string of the molecule is COc1nc(C)cc(C)c1CNC(=O)CN1CC[C@@H](c2ccccc2)C1. The Labute approximate surface area is 155 Å². The van der Waals surface area contributed by atoms with E-state index in [9.17, 15) is 4.79 Å². The van der Waals surface area contributed by atoms with Crippen molar-refractivity contribution in [3.63, 3.8) is 0 Å². The number of methoxy groups -OCH3 is 1. The monoisotopic (exact) mass is 353 g/mol. The zero-order chi connectivity index (χ0) is 18.5. The minimum Gasteiger partial charge on any atom is -0.481 e. The lowest BCUT2D eigenvalue weighted by Gasteiger charge is -2.17. The minimum atomic E-state index is 0.0424. The lowest BCUT2D eigenvalue weighted by atomic mass is 9.99. The number of pyridine rings is 1. The summed E-state index contributed by atoms with van der Waals surface area (Å²) >= 11 is 0. The van der Waals surface area contributed by atoms with Gasteiger partial charge in [0.2, 0.25) is 11.8 Å². The smallest absolute Gasteiger partial charge is 0.234 e. The fraction of sp³-hybridized carbons (Fsp3) is 0.429. The van der Waals surface area contributed by atoms with Gasteiger partial charge in [0.05, 0.1) is 13.7 Å². The number of aromatic nitrogens is 1. The number of nitrogens with zero attached hydrogens (tertiary/aromatic N) is 2. The first kappa shape index (κ1) is 18.4. The third kappa shape index (κ3) is 4.41. The van der Waals surface area contributed by atoms with Gasteiger partial charge in [-0.3, -0.25) is 9.69 Å². The van der Waals surface area contributed by atoms with Crippen molar-refractivity contribution in [1.82, 2.24) is 15.2 Å². The van der Waals surface area contributed by atoms with Crippen LogP contribution in [0.5, 0.6) is 5.88 Å². The van der Waals surface area contributed by atoms with E-state index in [0.717, 1.165) is 36.3 Å². The molecule has 1 N–H and O–H groups in total. The highest BCUT2D eigenvalue weighted by molar-refractivity contribution is 5.78. The van der Waals surface area contributed by atoms with Gasteiger partial charge in [-0.05, 0) is 49.9 Å². The number of hydrogen-bond acceptors (Lipinski definition) is 4. The molecule has 5 heteroatoms. The maximum atomic E-state index is 12.4. The van der Waals surface area contributed by atoms with Crippen molar-refractivity contribution in [3.05, 3.63) is 58.8 Å². The molecule has 1 aromatic heterocycles. The van der Waals surface area contributed by atoms with Crippen LogP contribution in [0.4, 0.5) is 0 Å². The van der Waals surface area contributed by atoms with Gasteiger partial charge in [-0.25, -0.2) is 4.98 Å². The van der Waals surface area contributed by atoms with Crippen LogP contribution in [0.2, 0.25) is 0 Å². The Kier molecular flexibility index (Phi) is 5.89. The van der Waals surface area contributed by atoms with Crippen LogP contribution in [0.1, 0.15) is 34.7 Å². The maximum absolute atomic E-state index is 12.4. The summed E-state index contributed by atoms with van der Waals surface area (Å²) in [6, 6.07) is 12.6. The van der Waals surface area contributed by atoms with Crippen molar-refractivity contribution in [2.45, 2.75) is 32.7 Å². The van der Waals surface area contributed by atoms with E-state index in [1.807, 2.05) is 26.0 Å². The van der Waals surface area contributed by atoms with Crippen molar-refractivity contribution in [2.75, 3.05) is 26.7 Å². The number of amides is 1. The van der Waals surface area contributed by atoms with Gasteiger partial charge in [0.1, 0.15) is 0 Å². The molecular weight excluding hydrogens is 326 g/mol. The topological polar surface area (TPSA) is 54.5 Å². The maximum Gasteiger partial charge on any atom is 0.234 e. The fourth-order valence-electron chi connectivity index (χ4n) is 3.63. The molecule has 2 aromatic rings. The molecule has 26 heavy (non-hydrogen) atoms. The molecule has 1 amide bonds. The van der Waals surface area contributed by atoms with E-state index in [2.05, 4.69) is 39.5 Å². The van der Waals surface area contributed by atoms with E-state index in [1.165, 1.54) is 5.56 Å². The van der Waals surface area contributed by atoms with E-state index >= 15 is 0 Å². The van der Waals surface area contributed by atoms with Gasteiger partial charge >= 0.3 is 0 Å². The summed E-state index contributed by atoms with van der Waals surface area (Å²) in [4.78, 5) is 19.0. The molecule has 0 bridgehead atoms. The molecule has 1 atom stereocenters. The second-order valence-electron chi connectivity index (χ2n) is 6.98. The van der Waals surface area contributed by atoms with Gasteiger partial charge in [0.15, 0.2) is 0 Å². The molecule has 0 radical (unpaired) electrons. The number of carbonyl (C=O) groups is 1. The quantitative estimate of drug-likeness (QED) is 0.868. The van der Waals surface area contributed by atoms with Crippen molar-refractivity contribution in [2.24, 2.45) is 0 Å². The van der Waals surface area contributed by atoms with E-state index in [-0.39, 0.29) is 5.91 Å². The summed E-state index contributed by atoms with van der Waals surface area (Å²) in [5.74, 6) is 1.15. The zero-order valence-corrected chi connectivity index (χ0v) is 15.8. The van der Waals surface area contributed by atoms with E-state index in [4.69, 9.17) is 4.74 Å². The number of benzene rings is 1. The van der Waals surface area contributed by atoms with Crippen LogP contribution >= 0.6 is 0 Å². The van der Waals surface area contributed by atoms with E-state index in [1.54, 1.807) is 7.11 Å². The van der Waals surface area contributed by atoms with Crippen LogP contribution in [0.25, 0.3) is 0 Å². The van der Waals surface area contributed by atoms with Gasteiger partial charge in [0.25, 0.3) is 0 Å². The lowest BCUT2D eigenvalue weighted by molar-refractivity contribution is -0.122. The Morgan fingerprint density at radius 3 is 2.81 bits per heavy atom. The molecule has 0 unspecified atom stereocenters. The van der Waals surface area contributed by atoms with E-state index < -0.39 is 0 Å². The van der Waals surface area contributed by atoms with Gasteiger partial charge in [0, 0.05) is 24.3 Å². The Hall–Kier alpha value is -2.40. The van der Waals surface area contributed by atoms with Crippen LogP contribution in [0.3, 0.4) is 0 Å². The number of carbonyl (C=O) groups excluding carboxylic acids is 1. The number of nitrogens with one attached hydrogen (secondary N) is 1. The first-order valence-electron chi connectivity index (χ1n) is 9.12. The van der Waals surface area contributed by atoms with Crippen LogP contribution in [0.15, 0.2) is 36.4 Å². The Morgan fingerprint density at radius 2 is 2.08 bits per heavy atom. The van der Waals surface area contributed by atoms with E-state index in [0.29, 0.717) is 24.9 Å². The number of ether oxygens (including phenoxy) is 1. The Balaban J connectivity index is 1.53. The summed E-state index contributed by atoms with van der Waals surface area (Å²) in [6.45, 7) is 6.73. The summed E-state index contributed by atoms with van der Waals surface area (Å²) in [6.07, 6.45) is 1.10. The average molecular weight is 353 g/mol. The fourth-order valence-corrected chi connectivity index (χ4v) is 3.63. The van der Waals surface area contributed by atoms with Crippen molar-refractivity contribution in [3.8, 4) is 5.88 Å². The molecule has 1 fully saturated rings. The molecule has 0 aliphatic carbocycles. The van der Waals surface area contributed by atoms with Crippen LogP contribution < -0.4 is 10.1 Å². The zero-order valence-electron chi connectivity index (χ0n) is 15.8. The molecule has 1 aliphatic rings. The molecule has 0 saturated carbocycles. The van der Waals surface area contributed by atoms with Crippen molar-refractivity contribution in [1.29, 1.82) is 0 Å². The highest BCUT2D eigenvalue weighted by Crippen LogP contribution is 2.26. The molecule has 2 heterocycles. The Bertz CT molecular complexity index is 761. The predicted octanol–water partition coefficient (Wildman–Crippen LogP) is 2.81. The molecule has 1 saturated heterocycles. The lowest BCUT2D eigenvalue weighted by Crippen LogP contribution is -2.35. The largest absolute Gasteiger partial charge is 0.481 e. The highest BCUT2D eigenvalue weighted by Gasteiger charge is 2.25. The molecule has 3 rings (SSSR count). The molecule has 5 nitrogen and oxygen atoms in total. The number of aryl methyl sites for hydroxylation is 2. The van der Waals surface area contributed by atoms with Gasteiger partial charge < -0.3 is 10.1 Å². The molecular formula is C21H27N3O2. The molecule has 0 spiro atoms. The summed E-state index contributed by atoms with van der Waals surface area (Å²) in [7, 11) is 1.61. The second kappa shape index (κ2) is 8.32.